The summed E-state index contributed by atoms with van der Waals surface area (Å²) in [6.45, 7) is 0. The molecule has 0 atom stereocenters. The maximum absolute atomic E-state index is 12.4. The van der Waals surface area contributed by atoms with Gasteiger partial charge < -0.3 is 14.8 Å². The van der Waals surface area contributed by atoms with Gasteiger partial charge in [-0.15, -0.1) is 0 Å². The van der Waals surface area contributed by atoms with Crippen molar-refractivity contribution in [3.05, 3.63) is 54.1 Å². The first-order valence-corrected chi connectivity index (χ1v) is 5.67. The second-order valence-corrected chi connectivity index (χ2v) is 4.07. The molecule has 0 saturated carbocycles. The number of hydrogen-bond donors (Lipinski definition) is 2. The van der Waals surface area contributed by atoms with E-state index in [0.717, 1.165) is 12.1 Å². The molecule has 0 amide bonds. The summed E-state index contributed by atoms with van der Waals surface area (Å²) in [6, 6.07) is 10.2. The van der Waals surface area contributed by atoms with Crippen LogP contribution in [0.25, 0.3) is 0 Å². The number of benzene rings is 2. The lowest BCUT2D eigenvalue weighted by Gasteiger charge is -2.09. The fraction of sp³-hybridized carbons (Fsp3) is 0.0769. The summed E-state index contributed by atoms with van der Waals surface area (Å²) >= 11 is 0. The van der Waals surface area contributed by atoms with Gasteiger partial charge in [-0.3, -0.25) is 0 Å². The lowest BCUT2D eigenvalue weighted by atomic mass is 9.80. The average Bonchev–Trinajstić information content (AvgIpc) is 2.39. The molecule has 0 aliphatic heterocycles. The Balaban J connectivity index is 2.10. The van der Waals surface area contributed by atoms with E-state index in [1.165, 1.54) is 36.4 Å². The SMILES string of the molecule is OB(O)c1ccc(Oc2ccc(C(F)(F)F)cc2)cc1. The lowest BCUT2D eigenvalue weighted by molar-refractivity contribution is -0.137. The van der Waals surface area contributed by atoms with Gasteiger partial charge in [0.15, 0.2) is 0 Å². The summed E-state index contributed by atoms with van der Waals surface area (Å²) in [7, 11) is -1.57. The smallest absolute Gasteiger partial charge is 0.457 e. The van der Waals surface area contributed by atoms with E-state index in [-0.39, 0.29) is 5.75 Å². The van der Waals surface area contributed by atoms with Crippen LogP contribution >= 0.6 is 0 Å². The first-order chi connectivity index (χ1) is 9.36. The van der Waals surface area contributed by atoms with Crippen molar-refractivity contribution in [2.75, 3.05) is 0 Å². The molecule has 0 fully saturated rings. The molecule has 0 bridgehead atoms. The maximum Gasteiger partial charge on any atom is 0.488 e. The molecule has 0 radical (unpaired) electrons. The molecule has 0 aromatic heterocycles. The van der Waals surface area contributed by atoms with Gasteiger partial charge in [0.1, 0.15) is 11.5 Å². The zero-order valence-electron chi connectivity index (χ0n) is 10.1. The molecule has 2 aromatic rings. The molecular formula is C13H10BF3O3. The van der Waals surface area contributed by atoms with Gasteiger partial charge in [-0.2, -0.15) is 13.2 Å². The third-order valence-electron chi connectivity index (χ3n) is 2.60. The van der Waals surface area contributed by atoms with Crippen molar-refractivity contribution in [1.82, 2.24) is 0 Å². The zero-order valence-corrected chi connectivity index (χ0v) is 10.1. The number of rotatable bonds is 3. The van der Waals surface area contributed by atoms with Crippen LogP contribution in [0.4, 0.5) is 13.2 Å². The predicted molar refractivity (Wildman–Crippen MR) is 67.8 cm³/mol. The minimum atomic E-state index is -4.38. The van der Waals surface area contributed by atoms with Gasteiger partial charge >= 0.3 is 13.3 Å². The van der Waals surface area contributed by atoms with E-state index in [1.54, 1.807) is 0 Å². The van der Waals surface area contributed by atoms with Gasteiger partial charge in [-0.25, -0.2) is 0 Å². The van der Waals surface area contributed by atoms with Crippen LogP contribution in [0.5, 0.6) is 11.5 Å². The Labute approximate surface area is 113 Å². The Morgan fingerprint density at radius 3 is 1.65 bits per heavy atom. The number of hydrogen-bond acceptors (Lipinski definition) is 3. The van der Waals surface area contributed by atoms with Crippen molar-refractivity contribution in [1.29, 1.82) is 0 Å². The van der Waals surface area contributed by atoms with Gasteiger partial charge in [-0.1, -0.05) is 12.1 Å². The lowest BCUT2D eigenvalue weighted by Crippen LogP contribution is -2.29. The molecule has 3 nitrogen and oxygen atoms in total. The summed E-state index contributed by atoms with van der Waals surface area (Å²) in [6.07, 6.45) is -4.38. The molecule has 0 saturated heterocycles. The largest absolute Gasteiger partial charge is 0.488 e. The van der Waals surface area contributed by atoms with Crippen LogP contribution in [0.1, 0.15) is 5.56 Å². The molecule has 0 spiro atoms. The minimum Gasteiger partial charge on any atom is -0.457 e. The first-order valence-electron chi connectivity index (χ1n) is 5.67. The Morgan fingerprint density at radius 2 is 1.25 bits per heavy atom. The Bertz CT molecular complexity index is 565. The number of ether oxygens (including phenoxy) is 1. The van der Waals surface area contributed by atoms with Crippen molar-refractivity contribution < 1.29 is 28.0 Å². The summed E-state index contributed by atoms with van der Waals surface area (Å²) in [5, 5.41) is 17.8. The molecule has 0 aliphatic carbocycles. The molecule has 7 heteroatoms. The zero-order chi connectivity index (χ0) is 14.8. The summed E-state index contributed by atoms with van der Waals surface area (Å²) < 4.78 is 42.5. The predicted octanol–water partition coefficient (Wildman–Crippen LogP) is 2.18. The number of halogens is 3. The molecule has 0 heterocycles. The Morgan fingerprint density at radius 1 is 0.800 bits per heavy atom. The molecule has 104 valence electrons. The first kappa shape index (κ1) is 14.4. The van der Waals surface area contributed by atoms with Crippen LogP contribution in [0.15, 0.2) is 48.5 Å². The van der Waals surface area contributed by atoms with Gasteiger partial charge in [-0.05, 0) is 41.9 Å². The van der Waals surface area contributed by atoms with Crippen LogP contribution in [0, 0.1) is 0 Å². The second kappa shape index (κ2) is 5.56. The van der Waals surface area contributed by atoms with Crippen LogP contribution in [0.2, 0.25) is 0 Å². The van der Waals surface area contributed by atoms with E-state index < -0.39 is 18.9 Å². The van der Waals surface area contributed by atoms with Gasteiger partial charge in [0.05, 0.1) is 5.56 Å². The average molecular weight is 282 g/mol. The van der Waals surface area contributed by atoms with Crippen molar-refractivity contribution >= 4 is 12.6 Å². The normalized spacial score (nSPS) is 11.2. The van der Waals surface area contributed by atoms with Crippen LogP contribution < -0.4 is 10.2 Å². The standard InChI is InChI=1S/C13H10BF3O3/c15-13(16,17)9-1-5-11(6-2-9)20-12-7-3-10(4-8-12)14(18)19/h1-8,18-19H. The van der Waals surface area contributed by atoms with Crippen LogP contribution in [-0.2, 0) is 6.18 Å². The topological polar surface area (TPSA) is 49.7 Å². The van der Waals surface area contributed by atoms with Gasteiger partial charge in [0, 0.05) is 0 Å². The van der Waals surface area contributed by atoms with E-state index in [0.29, 0.717) is 11.2 Å². The molecule has 2 rings (SSSR count). The summed E-state index contributed by atoms with van der Waals surface area (Å²) in [5.74, 6) is 0.643. The van der Waals surface area contributed by atoms with Crippen LogP contribution in [0.3, 0.4) is 0 Å². The second-order valence-electron chi connectivity index (χ2n) is 4.07. The third kappa shape index (κ3) is 3.52. The monoisotopic (exact) mass is 282 g/mol. The highest BCUT2D eigenvalue weighted by molar-refractivity contribution is 6.58. The van der Waals surface area contributed by atoms with Crippen molar-refractivity contribution in [3.63, 3.8) is 0 Å². The fourth-order valence-electron chi connectivity index (χ4n) is 1.56. The quantitative estimate of drug-likeness (QED) is 0.848. The van der Waals surface area contributed by atoms with Crippen molar-refractivity contribution in [3.8, 4) is 11.5 Å². The Kier molecular flexibility index (Phi) is 4.01. The highest BCUT2D eigenvalue weighted by Crippen LogP contribution is 2.31. The van der Waals surface area contributed by atoms with Gasteiger partial charge in [0.2, 0.25) is 0 Å². The van der Waals surface area contributed by atoms with E-state index in [9.17, 15) is 13.2 Å². The fourth-order valence-corrected chi connectivity index (χ4v) is 1.56. The molecule has 2 N–H and O–H groups in total. The van der Waals surface area contributed by atoms with E-state index in [2.05, 4.69) is 0 Å². The molecule has 2 aromatic carbocycles. The summed E-state index contributed by atoms with van der Waals surface area (Å²) in [5.41, 5.74) is -0.451. The van der Waals surface area contributed by atoms with Gasteiger partial charge in [0.25, 0.3) is 0 Å². The highest BCUT2D eigenvalue weighted by Gasteiger charge is 2.30. The maximum atomic E-state index is 12.4. The van der Waals surface area contributed by atoms with E-state index >= 15 is 0 Å². The summed E-state index contributed by atoms with van der Waals surface area (Å²) in [4.78, 5) is 0. The molecule has 0 aliphatic rings. The highest BCUT2D eigenvalue weighted by atomic mass is 19.4. The van der Waals surface area contributed by atoms with Crippen molar-refractivity contribution in [2.45, 2.75) is 6.18 Å². The van der Waals surface area contributed by atoms with E-state index in [4.69, 9.17) is 14.8 Å². The minimum absolute atomic E-state index is 0.260. The third-order valence-corrected chi connectivity index (χ3v) is 2.60. The number of alkyl halides is 3. The van der Waals surface area contributed by atoms with E-state index in [1.807, 2.05) is 0 Å². The van der Waals surface area contributed by atoms with Crippen molar-refractivity contribution in [2.24, 2.45) is 0 Å². The molecule has 20 heavy (non-hydrogen) atoms. The molecule has 0 unspecified atom stereocenters. The Hall–Kier alpha value is -1.99. The van der Waals surface area contributed by atoms with Crippen LogP contribution in [-0.4, -0.2) is 17.2 Å². The molecular weight excluding hydrogens is 272 g/mol.